The molecular formula is C61H98ClFN4O17. The second-order valence-corrected chi connectivity index (χ2v) is 24.7. The lowest BCUT2D eigenvalue weighted by atomic mass is 9.74. The summed E-state index contributed by atoms with van der Waals surface area (Å²) in [5.74, 6) is -4.01. The van der Waals surface area contributed by atoms with Crippen molar-refractivity contribution in [2.75, 3.05) is 74.5 Å². The number of nitrogens with one attached hydrogen (secondary N) is 1. The maximum atomic E-state index is 14.2. The molecule has 23 heteroatoms. The summed E-state index contributed by atoms with van der Waals surface area (Å²) in [5.41, 5.74) is 2.25. The maximum Gasteiger partial charge on any atom is 0.311 e. The smallest absolute Gasteiger partial charge is 0.311 e. The van der Waals surface area contributed by atoms with Gasteiger partial charge in [-0.1, -0.05) is 39.3 Å². The van der Waals surface area contributed by atoms with Crippen LogP contribution in [0.1, 0.15) is 118 Å². The van der Waals surface area contributed by atoms with E-state index in [1.54, 1.807) is 73.8 Å². The average molecular weight is 1210 g/mol. The molecule has 20 atom stereocenters. The molecule has 1 amide bonds. The number of carbonyl (C=O) groups is 3. The van der Waals surface area contributed by atoms with E-state index in [1.807, 2.05) is 32.8 Å². The largest absolute Gasteiger partial charge is 0.496 e. The number of piperidine rings is 1. The zero-order valence-electron chi connectivity index (χ0n) is 52.2. The Hall–Kier alpha value is -3.85. The lowest BCUT2D eigenvalue weighted by Gasteiger charge is -2.50. The first-order valence-electron chi connectivity index (χ1n) is 29.4. The molecule has 0 aliphatic carbocycles. The summed E-state index contributed by atoms with van der Waals surface area (Å²) in [7, 11) is 9.89. The van der Waals surface area contributed by atoms with Gasteiger partial charge in [0.15, 0.2) is 12.6 Å². The molecule has 2 aromatic rings. The van der Waals surface area contributed by atoms with Gasteiger partial charge in [0.1, 0.15) is 47.0 Å². The molecule has 7 N–H and O–H groups in total. The van der Waals surface area contributed by atoms with Gasteiger partial charge in [-0.25, -0.2) is 4.39 Å². The number of ketones is 1. The molecule has 4 fully saturated rings. The first kappa shape index (κ1) is 70.9. The molecule has 0 spiro atoms. The summed E-state index contributed by atoms with van der Waals surface area (Å²) in [6.07, 6.45) is -7.31. The first-order valence-corrected chi connectivity index (χ1v) is 29.7. The van der Waals surface area contributed by atoms with Gasteiger partial charge in [0.25, 0.3) is 5.91 Å². The number of rotatable bonds is 17. The number of nitrogens with two attached hydrogens (primary N) is 1. The molecule has 21 nitrogen and oxygen atoms in total. The second-order valence-electron chi connectivity index (χ2n) is 24.3. The zero-order valence-corrected chi connectivity index (χ0v) is 52.9. The SMILES string of the molecule is CC[C@H]1OC(=O)[C@H](C)[C@@H](O[C@H]2C[C@@](C)(OC)[C@@H](O)[C@H](C)O2)C(C)[C@@H](O[C@@H]2O[C@H](C)C[C@H](N(C)C)[C@H]2O)[C@](C)(OC)C[C@@H](C)C(=O)[C@H](C)[C@@H](O)[C@]1(C)O.COc1cc(N)c(Cl)cc1C(=O)NC1CCN(CCCOc2ccc(F)cc2)CC1OC. The average Bonchev–Trinajstić information content (AvgIpc) is 1.85. The molecule has 4 heterocycles. The van der Waals surface area contributed by atoms with Gasteiger partial charge >= 0.3 is 5.97 Å². The number of carbonyl (C=O) groups excluding carboxylic acids is 3. The highest BCUT2D eigenvalue weighted by Gasteiger charge is 2.54. The molecule has 3 unspecified atom stereocenters. The molecule has 0 saturated carbocycles. The van der Waals surface area contributed by atoms with Crippen LogP contribution in [0.25, 0.3) is 0 Å². The lowest BCUT2D eigenvalue weighted by Crippen LogP contribution is -2.61. The fraction of sp³-hybridized carbons (Fsp3) is 0.754. The van der Waals surface area contributed by atoms with Gasteiger partial charge in [0.05, 0.1) is 89.8 Å². The topological polar surface area (TPSA) is 269 Å². The molecular weight excluding hydrogens is 1120 g/mol. The van der Waals surface area contributed by atoms with Crippen LogP contribution in [0.4, 0.5) is 10.1 Å². The highest BCUT2D eigenvalue weighted by molar-refractivity contribution is 6.33. The minimum atomic E-state index is -1.96. The number of likely N-dealkylation sites (tertiary alicyclic amines) is 1. The van der Waals surface area contributed by atoms with E-state index in [0.717, 1.165) is 25.9 Å². The minimum Gasteiger partial charge on any atom is -0.496 e. The summed E-state index contributed by atoms with van der Waals surface area (Å²) in [6, 6.07) is 8.64. The Morgan fingerprint density at radius 1 is 0.917 bits per heavy atom. The number of aliphatic hydroxyl groups excluding tert-OH is 3. The highest BCUT2D eigenvalue weighted by atomic mass is 35.5. The normalized spacial score (nSPS) is 37.5. The summed E-state index contributed by atoms with van der Waals surface area (Å²) in [6.45, 7) is 19.9. The molecule has 4 aliphatic rings. The maximum absolute atomic E-state index is 14.2. The third-order valence-corrected chi connectivity index (χ3v) is 18.1. The number of ether oxygens (including phenoxy) is 10. The van der Waals surface area contributed by atoms with Crippen molar-refractivity contribution in [1.29, 1.82) is 0 Å². The zero-order chi connectivity index (χ0) is 62.8. The van der Waals surface area contributed by atoms with Crippen molar-refractivity contribution in [2.24, 2.45) is 23.7 Å². The van der Waals surface area contributed by atoms with Crippen LogP contribution in [-0.4, -0.2) is 213 Å². The van der Waals surface area contributed by atoms with Crippen LogP contribution in [0.3, 0.4) is 0 Å². The molecule has 84 heavy (non-hydrogen) atoms. The van der Waals surface area contributed by atoms with Crippen LogP contribution in [0.2, 0.25) is 5.02 Å². The number of likely N-dealkylation sites (N-methyl/N-ethyl adjacent to an activating group) is 1. The van der Waals surface area contributed by atoms with Crippen molar-refractivity contribution in [3.05, 3.63) is 52.8 Å². The van der Waals surface area contributed by atoms with Crippen LogP contribution >= 0.6 is 11.6 Å². The lowest BCUT2D eigenvalue weighted by molar-refractivity contribution is -0.319. The standard InChI is InChI=1S/C38H69NO13.C23H29ClFN3O4/c1-15-26-38(10,45)31(42)21(4)28(40)19(2)17-37(9,47-14)33(52-35-29(41)25(39(11)12)16-20(3)48-35)22(5)30(23(6)34(44)50-26)51-27-18-36(8,46-13)32(43)24(7)49-27;1-30-21-13-19(26)18(24)12-17(21)23(29)27-20-8-10-28(14-22(20)31-2)9-3-11-32-16-6-4-15(25)5-7-16/h19-27,29-33,35,41-43,45H,15-18H2,1-14H3;4-7,12-13,20,22H,3,8-11,14,26H2,1-2H3,(H,27,29)/t19-,20-,21+,22?,23-,24+,25+,26-,27+,29-,30+,31-,32+,33-,35+,36-,37-,38-;/m1./s1. The quantitative estimate of drug-likeness (QED) is 0.0621. The Morgan fingerprint density at radius 3 is 2.17 bits per heavy atom. The van der Waals surface area contributed by atoms with E-state index >= 15 is 0 Å². The number of cyclic esters (lactones) is 1. The molecule has 0 aromatic heterocycles. The Morgan fingerprint density at radius 2 is 1.57 bits per heavy atom. The monoisotopic (exact) mass is 1210 g/mol. The van der Waals surface area contributed by atoms with Crippen molar-refractivity contribution in [2.45, 2.75) is 204 Å². The van der Waals surface area contributed by atoms with Crippen molar-refractivity contribution < 1.29 is 86.6 Å². The Balaban J connectivity index is 0.000000343. The molecule has 2 aromatic carbocycles. The number of amides is 1. The number of nitrogens with zero attached hydrogens (tertiary/aromatic N) is 2. The number of benzene rings is 2. The predicted octanol–water partition coefficient (Wildman–Crippen LogP) is 5.80. The van der Waals surface area contributed by atoms with Crippen molar-refractivity contribution >= 4 is 34.9 Å². The Labute approximate surface area is 501 Å². The third-order valence-electron chi connectivity index (χ3n) is 17.8. The minimum absolute atomic E-state index is 0.111. The summed E-state index contributed by atoms with van der Waals surface area (Å²) >= 11 is 6.09. The molecule has 0 bridgehead atoms. The fourth-order valence-electron chi connectivity index (χ4n) is 12.3. The molecule has 0 radical (unpaired) electrons. The number of aliphatic hydroxyl groups is 4. The fourth-order valence-corrected chi connectivity index (χ4v) is 12.5. The highest BCUT2D eigenvalue weighted by Crippen LogP contribution is 2.42. The predicted molar refractivity (Wildman–Crippen MR) is 313 cm³/mol. The van der Waals surface area contributed by atoms with E-state index in [1.165, 1.54) is 46.5 Å². The van der Waals surface area contributed by atoms with E-state index in [9.17, 15) is 39.2 Å². The summed E-state index contributed by atoms with van der Waals surface area (Å²) in [5, 5.41) is 48.9. The van der Waals surface area contributed by atoms with Gasteiger partial charge in [0.2, 0.25) is 0 Å². The third kappa shape index (κ3) is 17.3. The second kappa shape index (κ2) is 30.9. The Bertz CT molecular complexity index is 2430. The van der Waals surface area contributed by atoms with Gasteiger partial charge < -0.3 is 88.6 Å². The van der Waals surface area contributed by atoms with Crippen molar-refractivity contribution in [1.82, 2.24) is 15.1 Å². The van der Waals surface area contributed by atoms with Crippen LogP contribution < -0.4 is 20.5 Å². The summed E-state index contributed by atoms with van der Waals surface area (Å²) < 4.78 is 73.4. The van der Waals surface area contributed by atoms with Crippen LogP contribution in [0.15, 0.2) is 36.4 Å². The number of esters is 1. The van der Waals surface area contributed by atoms with E-state index in [-0.39, 0.29) is 61.1 Å². The number of hydrogen-bond donors (Lipinski definition) is 6. The number of hydrogen-bond acceptors (Lipinski definition) is 20. The molecule has 4 saturated heterocycles. The van der Waals surface area contributed by atoms with Crippen molar-refractivity contribution in [3.8, 4) is 11.5 Å². The number of halogens is 2. The van der Waals surface area contributed by atoms with E-state index in [4.69, 9.17) is 64.7 Å². The van der Waals surface area contributed by atoms with Gasteiger partial charge in [-0.15, -0.1) is 0 Å². The van der Waals surface area contributed by atoms with Crippen LogP contribution in [0, 0.1) is 29.5 Å². The number of Topliss-reactive ketones (excluding diaryl/α,β-unsaturated/α-hetero) is 1. The van der Waals surface area contributed by atoms with Crippen molar-refractivity contribution in [3.63, 3.8) is 0 Å². The molecule has 6 rings (SSSR count). The number of methoxy groups -OCH3 is 4. The van der Waals surface area contributed by atoms with E-state index < -0.39 is 102 Å². The van der Waals surface area contributed by atoms with Gasteiger partial charge in [-0.05, 0) is 118 Å². The van der Waals surface area contributed by atoms with E-state index in [0.29, 0.717) is 47.3 Å². The number of anilines is 1. The van der Waals surface area contributed by atoms with E-state index in [2.05, 4.69) is 10.2 Å². The first-order chi connectivity index (χ1) is 39.4. The van der Waals surface area contributed by atoms with Crippen LogP contribution in [0.5, 0.6) is 11.5 Å². The van der Waals surface area contributed by atoms with Gasteiger partial charge in [0, 0.05) is 77.2 Å². The van der Waals surface area contributed by atoms with Gasteiger partial charge in [-0.2, -0.15) is 0 Å². The van der Waals surface area contributed by atoms with Gasteiger partial charge in [-0.3, -0.25) is 14.4 Å². The summed E-state index contributed by atoms with van der Waals surface area (Å²) in [4.78, 5) is 45.2. The van der Waals surface area contributed by atoms with Crippen LogP contribution in [-0.2, 0) is 47.5 Å². The Kier molecular flexibility index (Phi) is 26.1. The molecule has 478 valence electrons. The molecule has 4 aliphatic heterocycles. The number of nitrogen functional groups attached to an aromatic ring is 1.